The molecule has 8 heteroatoms. The van der Waals surface area contributed by atoms with Crippen LogP contribution in [0.3, 0.4) is 0 Å². The van der Waals surface area contributed by atoms with E-state index in [-0.39, 0.29) is 0 Å². The zero-order valence-corrected chi connectivity index (χ0v) is 11.6. The molecule has 0 saturated heterocycles. The van der Waals surface area contributed by atoms with E-state index in [1.807, 2.05) is 13.8 Å². The SMILES string of the molecule is CCN(CC)C(=O)n1nnn(-c2cccnc2C)c1=O. The molecule has 0 radical (unpaired) electrons. The molecule has 0 unspecified atom stereocenters. The summed E-state index contributed by atoms with van der Waals surface area (Å²) in [5.74, 6) is 0. The lowest BCUT2D eigenvalue weighted by molar-refractivity contribution is 0.200. The Morgan fingerprint density at radius 2 is 2.00 bits per heavy atom. The van der Waals surface area contributed by atoms with Crippen molar-refractivity contribution in [3.8, 4) is 5.69 Å². The Balaban J connectivity index is 2.45. The average Bonchev–Trinajstić information content (AvgIpc) is 2.82. The van der Waals surface area contributed by atoms with Gasteiger partial charge in [0, 0.05) is 19.3 Å². The highest BCUT2D eigenvalue weighted by Gasteiger charge is 2.20. The Hall–Kier alpha value is -2.51. The third-order valence-electron chi connectivity index (χ3n) is 3.00. The number of amides is 1. The Bertz CT molecular complexity index is 671. The molecule has 0 spiro atoms. The first-order valence-corrected chi connectivity index (χ1v) is 6.36. The number of nitrogens with zero attached hydrogens (tertiary/aromatic N) is 6. The fraction of sp³-hybridized carbons (Fsp3) is 0.417. The van der Waals surface area contributed by atoms with Gasteiger partial charge in [-0.15, -0.1) is 4.68 Å². The van der Waals surface area contributed by atoms with Crippen LogP contribution in [0.5, 0.6) is 0 Å². The molecule has 2 aromatic heterocycles. The van der Waals surface area contributed by atoms with E-state index in [2.05, 4.69) is 15.4 Å². The van der Waals surface area contributed by atoms with E-state index in [9.17, 15) is 9.59 Å². The van der Waals surface area contributed by atoms with Crippen LogP contribution in [0.4, 0.5) is 4.79 Å². The van der Waals surface area contributed by atoms with Gasteiger partial charge in [-0.1, -0.05) is 0 Å². The standard InChI is InChI=1S/C12H16N6O2/c1-4-16(5-2)11(19)18-12(20)17(14-15-18)10-7-6-8-13-9(10)3/h6-8H,4-5H2,1-3H3. The lowest BCUT2D eigenvalue weighted by atomic mass is 10.3. The van der Waals surface area contributed by atoms with Gasteiger partial charge < -0.3 is 4.90 Å². The van der Waals surface area contributed by atoms with Crippen molar-refractivity contribution in [2.45, 2.75) is 20.8 Å². The highest BCUT2D eigenvalue weighted by atomic mass is 16.2. The Morgan fingerprint density at radius 1 is 1.30 bits per heavy atom. The van der Waals surface area contributed by atoms with Crippen molar-refractivity contribution in [1.82, 2.24) is 29.7 Å². The summed E-state index contributed by atoms with van der Waals surface area (Å²) in [4.78, 5) is 29.9. The average molecular weight is 276 g/mol. The minimum Gasteiger partial charge on any atom is -0.323 e. The van der Waals surface area contributed by atoms with E-state index in [1.54, 1.807) is 25.3 Å². The largest absolute Gasteiger partial charge is 0.377 e. The summed E-state index contributed by atoms with van der Waals surface area (Å²) in [5.41, 5.74) is 0.547. The van der Waals surface area contributed by atoms with Crippen molar-refractivity contribution >= 4 is 6.03 Å². The molecule has 0 N–H and O–H groups in total. The number of aryl methyl sites for hydroxylation is 1. The minimum atomic E-state index is -0.599. The second kappa shape index (κ2) is 5.64. The Morgan fingerprint density at radius 3 is 2.60 bits per heavy atom. The molecule has 0 aliphatic carbocycles. The van der Waals surface area contributed by atoms with Crippen molar-refractivity contribution < 1.29 is 4.79 Å². The van der Waals surface area contributed by atoms with Crippen molar-refractivity contribution in [2.24, 2.45) is 0 Å². The highest BCUT2D eigenvalue weighted by molar-refractivity contribution is 5.75. The number of rotatable bonds is 3. The van der Waals surface area contributed by atoms with Crippen LogP contribution in [0.15, 0.2) is 23.1 Å². The summed E-state index contributed by atoms with van der Waals surface area (Å²) in [6.07, 6.45) is 1.62. The van der Waals surface area contributed by atoms with Gasteiger partial charge in [-0.25, -0.2) is 9.59 Å². The van der Waals surface area contributed by atoms with Crippen LogP contribution in [-0.2, 0) is 0 Å². The molecule has 2 heterocycles. The van der Waals surface area contributed by atoms with E-state index in [0.29, 0.717) is 24.5 Å². The predicted molar refractivity (Wildman–Crippen MR) is 71.9 cm³/mol. The molecule has 20 heavy (non-hydrogen) atoms. The summed E-state index contributed by atoms with van der Waals surface area (Å²) in [6, 6.07) is 2.91. The molecule has 0 atom stereocenters. The van der Waals surface area contributed by atoms with E-state index < -0.39 is 11.7 Å². The molecular formula is C12H16N6O2. The van der Waals surface area contributed by atoms with Crippen LogP contribution in [0, 0.1) is 6.92 Å². The summed E-state index contributed by atoms with van der Waals surface area (Å²) in [5, 5.41) is 7.40. The van der Waals surface area contributed by atoms with Gasteiger partial charge in [-0.3, -0.25) is 4.98 Å². The summed E-state index contributed by atoms with van der Waals surface area (Å²) >= 11 is 0. The zero-order chi connectivity index (χ0) is 14.7. The maximum Gasteiger partial charge on any atom is 0.377 e. The van der Waals surface area contributed by atoms with Crippen molar-refractivity contribution in [1.29, 1.82) is 0 Å². The van der Waals surface area contributed by atoms with Gasteiger partial charge in [-0.2, -0.15) is 4.68 Å². The number of aromatic nitrogens is 5. The van der Waals surface area contributed by atoms with Crippen LogP contribution < -0.4 is 5.69 Å². The first-order valence-electron chi connectivity index (χ1n) is 6.36. The lowest BCUT2D eigenvalue weighted by Gasteiger charge is -2.16. The predicted octanol–water partition coefficient (Wildman–Crippen LogP) is 0.442. The van der Waals surface area contributed by atoms with E-state index >= 15 is 0 Å². The molecule has 0 fully saturated rings. The minimum absolute atomic E-state index is 0.479. The Kier molecular flexibility index (Phi) is 3.92. The Labute approximate surface area is 115 Å². The topological polar surface area (TPSA) is 85.9 Å². The second-order valence-electron chi connectivity index (χ2n) is 4.15. The molecule has 1 amide bonds. The van der Waals surface area contributed by atoms with Crippen molar-refractivity contribution in [2.75, 3.05) is 13.1 Å². The molecule has 0 aliphatic rings. The summed E-state index contributed by atoms with van der Waals surface area (Å²) in [6.45, 7) is 6.43. The molecule has 0 bridgehead atoms. The number of pyridine rings is 1. The monoisotopic (exact) mass is 276 g/mol. The summed E-state index contributed by atoms with van der Waals surface area (Å²) < 4.78 is 1.84. The van der Waals surface area contributed by atoms with Gasteiger partial charge in [-0.05, 0) is 43.3 Å². The maximum absolute atomic E-state index is 12.2. The molecule has 0 aromatic carbocycles. The van der Waals surface area contributed by atoms with Crippen molar-refractivity contribution in [3.63, 3.8) is 0 Å². The summed E-state index contributed by atoms with van der Waals surface area (Å²) in [7, 11) is 0. The molecule has 0 aliphatic heterocycles. The molecular weight excluding hydrogens is 260 g/mol. The van der Waals surface area contributed by atoms with Crippen LogP contribution >= 0.6 is 0 Å². The number of hydrogen-bond acceptors (Lipinski definition) is 5. The molecule has 2 rings (SSSR count). The number of carbonyl (C=O) groups is 1. The normalized spacial score (nSPS) is 10.6. The zero-order valence-electron chi connectivity index (χ0n) is 11.6. The maximum atomic E-state index is 12.2. The highest BCUT2D eigenvalue weighted by Crippen LogP contribution is 2.06. The van der Waals surface area contributed by atoms with Gasteiger partial charge in [0.25, 0.3) is 0 Å². The van der Waals surface area contributed by atoms with Crippen LogP contribution in [-0.4, -0.2) is 48.8 Å². The van der Waals surface area contributed by atoms with Gasteiger partial charge >= 0.3 is 11.7 Å². The first kappa shape index (κ1) is 13.9. The van der Waals surface area contributed by atoms with Crippen molar-refractivity contribution in [3.05, 3.63) is 34.5 Å². The fourth-order valence-electron chi connectivity index (χ4n) is 1.85. The van der Waals surface area contributed by atoms with Crippen LogP contribution in [0.1, 0.15) is 19.5 Å². The van der Waals surface area contributed by atoms with Gasteiger partial charge in [0.15, 0.2) is 0 Å². The third-order valence-corrected chi connectivity index (χ3v) is 3.00. The molecule has 2 aromatic rings. The number of hydrogen-bond donors (Lipinski definition) is 0. The van der Waals surface area contributed by atoms with E-state index in [4.69, 9.17) is 0 Å². The number of tetrazole rings is 1. The van der Waals surface area contributed by atoms with Gasteiger partial charge in [0.1, 0.15) is 0 Å². The fourth-order valence-corrected chi connectivity index (χ4v) is 1.85. The number of carbonyl (C=O) groups excluding carboxylic acids is 1. The van der Waals surface area contributed by atoms with Crippen LogP contribution in [0.25, 0.3) is 5.69 Å². The molecule has 0 saturated carbocycles. The second-order valence-corrected chi connectivity index (χ2v) is 4.15. The molecule has 8 nitrogen and oxygen atoms in total. The molecule has 106 valence electrons. The van der Waals surface area contributed by atoms with E-state index in [0.717, 1.165) is 9.36 Å². The first-order chi connectivity index (χ1) is 9.60. The van der Waals surface area contributed by atoms with Crippen LogP contribution in [0.2, 0.25) is 0 Å². The van der Waals surface area contributed by atoms with Gasteiger partial charge in [0.05, 0.1) is 11.4 Å². The lowest BCUT2D eigenvalue weighted by Crippen LogP contribution is -2.40. The smallest absolute Gasteiger partial charge is 0.323 e. The third kappa shape index (κ3) is 2.31. The quantitative estimate of drug-likeness (QED) is 0.759. The van der Waals surface area contributed by atoms with E-state index in [1.165, 1.54) is 4.90 Å². The van der Waals surface area contributed by atoms with Gasteiger partial charge in [0.2, 0.25) is 0 Å².